The molecule has 1 amide bonds. The van der Waals surface area contributed by atoms with Crippen molar-refractivity contribution in [3.8, 4) is 0 Å². The molecule has 114 valence electrons. The van der Waals surface area contributed by atoms with Crippen LogP contribution in [0.1, 0.15) is 43.0 Å². The lowest BCUT2D eigenvalue weighted by Gasteiger charge is -2.26. The highest BCUT2D eigenvalue weighted by atomic mass is 16.5. The van der Waals surface area contributed by atoms with Gasteiger partial charge in [-0.25, -0.2) is 4.79 Å². The third kappa shape index (κ3) is 4.44. The lowest BCUT2D eigenvalue weighted by Crippen LogP contribution is -2.39. The summed E-state index contributed by atoms with van der Waals surface area (Å²) >= 11 is 0. The first-order valence-electron chi connectivity index (χ1n) is 7.20. The molecule has 0 atom stereocenters. The number of hydrogen-bond acceptors (Lipinski definition) is 4. The number of ether oxygens (including phenoxy) is 1. The number of H-pyrrole nitrogens is 1. The van der Waals surface area contributed by atoms with Gasteiger partial charge in [-0.15, -0.1) is 0 Å². The van der Waals surface area contributed by atoms with Crippen molar-refractivity contribution in [2.75, 3.05) is 6.61 Å². The van der Waals surface area contributed by atoms with E-state index in [2.05, 4.69) is 17.2 Å². The van der Waals surface area contributed by atoms with Crippen molar-refractivity contribution in [3.63, 3.8) is 0 Å². The third-order valence-corrected chi connectivity index (χ3v) is 3.75. The number of aromatic nitrogens is 1. The number of aromatic amines is 1. The molecule has 1 aromatic rings. The van der Waals surface area contributed by atoms with Gasteiger partial charge in [0.25, 0.3) is 11.5 Å². The van der Waals surface area contributed by atoms with Crippen LogP contribution in [-0.2, 0) is 9.53 Å². The Kier molecular flexibility index (Phi) is 5.14. The second-order valence-electron chi connectivity index (χ2n) is 5.51. The Morgan fingerprint density at radius 3 is 2.71 bits per heavy atom. The Bertz CT molecular complexity index is 559. The Labute approximate surface area is 122 Å². The molecule has 0 bridgehead atoms. The van der Waals surface area contributed by atoms with E-state index in [1.807, 2.05) is 0 Å². The van der Waals surface area contributed by atoms with Gasteiger partial charge >= 0.3 is 5.97 Å². The smallest absolute Gasteiger partial charge is 0.344 e. The number of pyridine rings is 1. The van der Waals surface area contributed by atoms with E-state index in [1.54, 1.807) is 0 Å². The van der Waals surface area contributed by atoms with Gasteiger partial charge in [0, 0.05) is 12.2 Å². The van der Waals surface area contributed by atoms with Crippen LogP contribution in [0.5, 0.6) is 0 Å². The van der Waals surface area contributed by atoms with E-state index >= 15 is 0 Å². The van der Waals surface area contributed by atoms with Crippen LogP contribution in [0, 0.1) is 5.92 Å². The van der Waals surface area contributed by atoms with Gasteiger partial charge in [0.2, 0.25) is 0 Å². The van der Waals surface area contributed by atoms with E-state index in [4.69, 9.17) is 4.74 Å². The van der Waals surface area contributed by atoms with Gasteiger partial charge in [0.05, 0.1) is 0 Å². The number of rotatable bonds is 4. The first kappa shape index (κ1) is 15.3. The molecule has 6 nitrogen and oxygen atoms in total. The molecule has 1 heterocycles. The topological polar surface area (TPSA) is 88.3 Å². The summed E-state index contributed by atoms with van der Waals surface area (Å²) in [6, 6.07) is 3.05. The fraction of sp³-hybridized carbons (Fsp3) is 0.533. The minimum atomic E-state index is -0.788. The molecular weight excluding hydrogens is 272 g/mol. The highest BCUT2D eigenvalue weighted by Gasteiger charge is 2.20. The molecule has 1 aliphatic rings. The highest BCUT2D eigenvalue weighted by Crippen LogP contribution is 2.23. The number of hydrogen-bond donors (Lipinski definition) is 2. The van der Waals surface area contributed by atoms with Crippen LogP contribution in [0.15, 0.2) is 23.1 Å². The molecule has 2 rings (SSSR count). The van der Waals surface area contributed by atoms with E-state index in [9.17, 15) is 14.4 Å². The van der Waals surface area contributed by atoms with Gasteiger partial charge in [-0.2, -0.15) is 0 Å². The Morgan fingerprint density at radius 1 is 1.33 bits per heavy atom. The van der Waals surface area contributed by atoms with Crippen molar-refractivity contribution in [2.45, 2.75) is 38.6 Å². The van der Waals surface area contributed by atoms with Crippen LogP contribution in [0.2, 0.25) is 0 Å². The third-order valence-electron chi connectivity index (χ3n) is 3.75. The molecular formula is C15H20N2O4. The average Bonchev–Trinajstić information content (AvgIpc) is 2.48. The number of carbonyl (C=O) groups is 2. The van der Waals surface area contributed by atoms with Crippen LogP contribution in [0.25, 0.3) is 0 Å². The zero-order valence-corrected chi connectivity index (χ0v) is 12.1. The molecule has 1 saturated carbocycles. The van der Waals surface area contributed by atoms with Crippen LogP contribution < -0.4 is 10.9 Å². The Morgan fingerprint density at radius 2 is 2.05 bits per heavy atom. The van der Waals surface area contributed by atoms with Crippen molar-refractivity contribution >= 4 is 11.9 Å². The first-order chi connectivity index (χ1) is 10.1. The maximum atomic E-state index is 11.7. The average molecular weight is 292 g/mol. The molecule has 1 aliphatic carbocycles. The second-order valence-corrected chi connectivity index (χ2v) is 5.51. The normalized spacial score (nSPS) is 21.6. The predicted molar refractivity (Wildman–Crippen MR) is 76.9 cm³/mol. The predicted octanol–water partition coefficient (Wildman–Crippen LogP) is 1.23. The fourth-order valence-corrected chi connectivity index (χ4v) is 2.46. The van der Waals surface area contributed by atoms with Crippen molar-refractivity contribution in [1.29, 1.82) is 0 Å². The highest BCUT2D eigenvalue weighted by molar-refractivity contribution is 5.90. The molecule has 0 aliphatic heterocycles. The molecule has 1 aromatic heterocycles. The van der Waals surface area contributed by atoms with Crippen molar-refractivity contribution in [1.82, 2.24) is 10.3 Å². The first-order valence-corrected chi connectivity index (χ1v) is 7.20. The van der Waals surface area contributed by atoms with Gasteiger partial charge < -0.3 is 15.0 Å². The van der Waals surface area contributed by atoms with Gasteiger partial charge in [-0.1, -0.05) is 6.92 Å². The largest absolute Gasteiger partial charge is 0.452 e. The lowest BCUT2D eigenvalue weighted by molar-refractivity contribution is -0.125. The fourth-order valence-electron chi connectivity index (χ4n) is 2.46. The van der Waals surface area contributed by atoms with Crippen LogP contribution in [0.3, 0.4) is 0 Å². The maximum absolute atomic E-state index is 11.7. The zero-order valence-electron chi connectivity index (χ0n) is 12.1. The summed E-state index contributed by atoms with van der Waals surface area (Å²) in [4.78, 5) is 37.2. The molecule has 2 N–H and O–H groups in total. The summed E-state index contributed by atoms with van der Waals surface area (Å²) in [5, 5.41) is 2.86. The van der Waals surface area contributed by atoms with Crippen LogP contribution in [-0.4, -0.2) is 29.5 Å². The summed E-state index contributed by atoms with van der Waals surface area (Å²) in [6.07, 6.45) is 5.54. The molecule has 6 heteroatoms. The van der Waals surface area contributed by atoms with Gasteiger partial charge in [0.15, 0.2) is 6.61 Å². The summed E-state index contributed by atoms with van der Waals surface area (Å²) < 4.78 is 4.86. The second kappa shape index (κ2) is 7.06. The number of esters is 1. The molecule has 0 unspecified atom stereocenters. The van der Waals surface area contributed by atoms with Gasteiger partial charge in [-0.05, 0) is 43.7 Å². The maximum Gasteiger partial charge on any atom is 0.344 e. The molecule has 0 saturated heterocycles. The standard InChI is InChI=1S/C15H20N2O4/c1-10-4-6-11(7-5-10)17-13(18)9-21-15(20)12-3-2-8-16-14(12)19/h2-3,8,10-11H,4-7,9H2,1H3,(H,16,19)(H,17,18). The van der Waals surface area contributed by atoms with E-state index in [0.29, 0.717) is 5.92 Å². The minimum absolute atomic E-state index is 0.100. The van der Waals surface area contributed by atoms with E-state index in [0.717, 1.165) is 25.7 Å². The summed E-state index contributed by atoms with van der Waals surface area (Å²) in [5.41, 5.74) is -0.624. The molecule has 21 heavy (non-hydrogen) atoms. The monoisotopic (exact) mass is 292 g/mol. The molecule has 0 aromatic carbocycles. The van der Waals surface area contributed by atoms with Crippen molar-refractivity contribution < 1.29 is 14.3 Å². The van der Waals surface area contributed by atoms with E-state index in [-0.39, 0.29) is 24.1 Å². The summed E-state index contributed by atoms with van der Waals surface area (Å²) in [6.45, 7) is 1.84. The SMILES string of the molecule is CC1CCC(NC(=O)COC(=O)c2ccc[nH]c2=O)CC1. The van der Waals surface area contributed by atoms with E-state index in [1.165, 1.54) is 18.3 Å². The van der Waals surface area contributed by atoms with Crippen LogP contribution in [0.4, 0.5) is 0 Å². The quantitative estimate of drug-likeness (QED) is 0.817. The zero-order chi connectivity index (χ0) is 15.2. The Hall–Kier alpha value is -2.11. The summed E-state index contributed by atoms with van der Waals surface area (Å²) in [7, 11) is 0. The van der Waals surface area contributed by atoms with Gasteiger partial charge in [0.1, 0.15) is 5.56 Å². The summed E-state index contributed by atoms with van der Waals surface area (Å²) in [5.74, 6) is -0.402. The Balaban J connectivity index is 1.78. The molecule has 0 spiro atoms. The van der Waals surface area contributed by atoms with E-state index < -0.39 is 11.5 Å². The van der Waals surface area contributed by atoms with Crippen LogP contribution >= 0.6 is 0 Å². The molecule has 1 fully saturated rings. The van der Waals surface area contributed by atoms with Gasteiger partial charge in [-0.3, -0.25) is 9.59 Å². The number of amides is 1. The molecule has 0 radical (unpaired) electrons. The van der Waals surface area contributed by atoms with Crippen molar-refractivity contribution in [2.24, 2.45) is 5.92 Å². The minimum Gasteiger partial charge on any atom is -0.452 e. The van der Waals surface area contributed by atoms with Crippen molar-refractivity contribution in [3.05, 3.63) is 34.2 Å². The number of nitrogens with one attached hydrogen (secondary N) is 2. The number of carbonyl (C=O) groups excluding carboxylic acids is 2. The lowest BCUT2D eigenvalue weighted by atomic mass is 9.87.